The molecule has 14 heavy (non-hydrogen) atoms. The second kappa shape index (κ2) is 5.83. The van der Waals surface area contributed by atoms with Gasteiger partial charge in [0, 0.05) is 4.47 Å². The SMILES string of the molecule is C=CCCOc1ccc(Br)c(CO)c1. The molecular weight excluding hydrogens is 244 g/mol. The van der Waals surface area contributed by atoms with Gasteiger partial charge in [-0.15, -0.1) is 6.58 Å². The van der Waals surface area contributed by atoms with Crippen LogP contribution >= 0.6 is 15.9 Å². The summed E-state index contributed by atoms with van der Waals surface area (Å²) in [6.45, 7) is 4.25. The number of halogens is 1. The fraction of sp³-hybridized carbons (Fsp3) is 0.273. The molecule has 0 saturated carbocycles. The van der Waals surface area contributed by atoms with Gasteiger partial charge in [0.1, 0.15) is 5.75 Å². The first-order valence-electron chi connectivity index (χ1n) is 4.41. The number of aliphatic hydroxyl groups is 1. The summed E-state index contributed by atoms with van der Waals surface area (Å²) in [6, 6.07) is 5.56. The van der Waals surface area contributed by atoms with Gasteiger partial charge < -0.3 is 9.84 Å². The molecule has 0 aliphatic heterocycles. The Hall–Kier alpha value is -0.800. The lowest BCUT2D eigenvalue weighted by atomic mass is 10.2. The van der Waals surface area contributed by atoms with Crippen LogP contribution in [-0.4, -0.2) is 11.7 Å². The Labute approximate surface area is 92.3 Å². The number of ether oxygens (including phenoxy) is 1. The monoisotopic (exact) mass is 256 g/mol. The maximum Gasteiger partial charge on any atom is 0.119 e. The van der Waals surface area contributed by atoms with Gasteiger partial charge in [-0.1, -0.05) is 22.0 Å². The number of rotatable bonds is 5. The van der Waals surface area contributed by atoms with E-state index in [-0.39, 0.29) is 6.61 Å². The smallest absolute Gasteiger partial charge is 0.119 e. The highest BCUT2D eigenvalue weighted by Crippen LogP contribution is 2.22. The van der Waals surface area contributed by atoms with Crippen LogP contribution in [0.3, 0.4) is 0 Å². The predicted molar refractivity (Wildman–Crippen MR) is 60.4 cm³/mol. The molecule has 0 amide bonds. The van der Waals surface area contributed by atoms with Gasteiger partial charge in [-0.3, -0.25) is 0 Å². The third-order valence-electron chi connectivity index (χ3n) is 1.78. The van der Waals surface area contributed by atoms with E-state index in [9.17, 15) is 0 Å². The summed E-state index contributed by atoms with van der Waals surface area (Å²) >= 11 is 3.34. The lowest BCUT2D eigenvalue weighted by Gasteiger charge is -2.07. The maximum atomic E-state index is 9.01. The number of aliphatic hydroxyl groups excluding tert-OH is 1. The minimum absolute atomic E-state index is 0.0131. The molecule has 3 heteroatoms. The lowest BCUT2D eigenvalue weighted by Crippen LogP contribution is -1.96. The quantitative estimate of drug-likeness (QED) is 0.649. The van der Waals surface area contributed by atoms with E-state index >= 15 is 0 Å². The van der Waals surface area contributed by atoms with Crippen molar-refractivity contribution in [3.8, 4) is 5.75 Å². The van der Waals surface area contributed by atoms with E-state index in [0.717, 1.165) is 22.2 Å². The minimum atomic E-state index is 0.0131. The minimum Gasteiger partial charge on any atom is -0.493 e. The van der Waals surface area contributed by atoms with Crippen molar-refractivity contribution >= 4 is 15.9 Å². The van der Waals surface area contributed by atoms with Crippen LogP contribution in [0.25, 0.3) is 0 Å². The van der Waals surface area contributed by atoms with Gasteiger partial charge in [-0.25, -0.2) is 0 Å². The van der Waals surface area contributed by atoms with Crippen molar-refractivity contribution in [2.75, 3.05) is 6.61 Å². The predicted octanol–water partition coefficient (Wildman–Crippen LogP) is 2.90. The van der Waals surface area contributed by atoms with E-state index in [1.165, 1.54) is 0 Å². The highest BCUT2D eigenvalue weighted by Gasteiger charge is 2.00. The summed E-state index contributed by atoms with van der Waals surface area (Å²) < 4.78 is 6.34. The Balaban J connectivity index is 2.64. The van der Waals surface area contributed by atoms with E-state index in [4.69, 9.17) is 9.84 Å². The Morgan fingerprint density at radius 3 is 2.93 bits per heavy atom. The molecule has 0 unspecified atom stereocenters. The summed E-state index contributed by atoms with van der Waals surface area (Å²) in [5, 5.41) is 9.01. The van der Waals surface area contributed by atoms with Crippen LogP contribution in [0.15, 0.2) is 35.3 Å². The summed E-state index contributed by atoms with van der Waals surface area (Å²) in [6.07, 6.45) is 2.64. The van der Waals surface area contributed by atoms with Crippen molar-refractivity contribution in [1.82, 2.24) is 0 Å². The van der Waals surface area contributed by atoms with Gasteiger partial charge in [-0.05, 0) is 30.2 Å². The van der Waals surface area contributed by atoms with Crippen LogP contribution in [0.2, 0.25) is 0 Å². The topological polar surface area (TPSA) is 29.5 Å². The average Bonchev–Trinajstić information content (AvgIpc) is 2.21. The fourth-order valence-electron chi connectivity index (χ4n) is 1.02. The van der Waals surface area contributed by atoms with Crippen LogP contribution in [0.4, 0.5) is 0 Å². The Morgan fingerprint density at radius 1 is 1.50 bits per heavy atom. The highest BCUT2D eigenvalue weighted by atomic mass is 79.9. The van der Waals surface area contributed by atoms with E-state index in [0.29, 0.717) is 6.61 Å². The standard InChI is InChI=1S/C11H13BrO2/c1-2-3-6-14-10-4-5-11(12)9(7-10)8-13/h2,4-5,7,13H,1,3,6,8H2. The normalized spacial score (nSPS) is 9.86. The second-order valence-corrected chi connectivity index (χ2v) is 3.69. The molecule has 1 rings (SSSR count). The molecule has 0 aliphatic rings. The van der Waals surface area contributed by atoms with E-state index in [1.807, 2.05) is 24.3 Å². The van der Waals surface area contributed by atoms with Gasteiger partial charge in [0.15, 0.2) is 0 Å². The zero-order chi connectivity index (χ0) is 10.4. The summed E-state index contributed by atoms with van der Waals surface area (Å²) in [4.78, 5) is 0. The highest BCUT2D eigenvalue weighted by molar-refractivity contribution is 9.10. The molecule has 0 fully saturated rings. The molecular formula is C11H13BrO2. The van der Waals surface area contributed by atoms with Gasteiger partial charge in [0.25, 0.3) is 0 Å². The molecule has 0 atom stereocenters. The molecule has 0 spiro atoms. The molecule has 1 aromatic rings. The average molecular weight is 257 g/mol. The van der Waals surface area contributed by atoms with E-state index in [1.54, 1.807) is 0 Å². The van der Waals surface area contributed by atoms with Crippen molar-refractivity contribution in [3.63, 3.8) is 0 Å². The number of hydrogen-bond donors (Lipinski definition) is 1. The molecule has 0 aromatic heterocycles. The Morgan fingerprint density at radius 2 is 2.29 bits per heavy atom. The third-order valence-corrected chi connectivity index (χ3v) is 2.55. The van der Waals surface area contributed by atoms with Gasteiger partial charge >= 0.3 is 0 Å². The van der Waals surface area contributed by atoms with Crippen LogP contribution in [0, 0.1) is 0 Å². The second-order valence-electron chi connectivity index (χ2n) is 2.84. The Bertz CT molecular complexity index is 310. The van der Waals surface area contributed by atoms with Crippen LogP contribution in [0.5, 0.6) is 5.75 Å². The lowest BCUT2D eigenvalue weighted by molar-refractivity contribution is 0.278. The van der Waals surface area contributed by atoms with Crippen molar-refractivity contribution in [1.29, 1.82) is 0 Å². The van der Waals surface area contributed by atoms with E-state index < -0.39 is 0 Å². The Kier molecular flexibility index (Phi) is 4.70. The molecule has 76 valence electrons. The first-order valence-corrected chi connectivity index (χ1v) is 5.20. The zero-order valence-electron chi connectivity index (χ0n) is 7.87. The molecule has 0 bridgehead atoms. The van der Waals surface area contributed by atoms with Crippen LogP contribution in [-0.2, 0) is 6.61 Å². The molecule has 0 heterocycles. The third kappa shape index (κ3) is 3.16. The largest absolute Gasteiger partial charge is 0.493 e. The van der Waals surface area contributed by atoms with Gasteiger partial charge in [-0.2, -0.15) is 0 Å². The molecule has 1 aromatic carbocycles. The first-order chi connectivity index (χ1) is 6.77. The number of benzene rings is 1. The molecule has 2 nitrogen and oxygen atoms in total. The number of hydrogen-bond acceptors (Lipinski definition) is 2. The molecule has 0 aliphatic carbocycles. The van der Waals surface area contributed by atoms with Gasteiger partial charge in [0.2, 0.25) is 0 Å². The fourth-order valence-corrected chi connectivity index (χ4v) is 1.39. The zero-order valence-corrected chi connectivity index (χ0v) is 9.46. The molecule has 0 saturated heterocycles. The molecule has 0 radical (unpaired) electrons. The van der Waals surface area contributed by atoms with Gasteiger partial charge in [0.05, 0.1) is 13.2 Å². The van der Waals surface area contributed by atoms with E-state index in [2.05, 4.69) is 22.5 Å². The maximum absolute atomic E-state index is 9.01. The first kappa shape index (κ1) is 11.3. The summed E-state index contributed by atoms with van der Waals surface area (Å²) in [7, 11) is 0. The van der Waals surface area contributed by atoms with Crippen molar-refractivity contribution in [3.05, 3.63) is 40.9 Å². The summed E-state index contributed by atoms with van der Waals surface area (Å²) in [5.41, 5.74) is 0.834. The van der Waals surface area contributed by atoms with Crippen molar-refractivity contribution in [2.24, 2.45) is 0 Å². The van der Waals surface area contributed by atoms with Crippen molar-refractivity contribution in [2.45, 2.75) is 13.0 Å². The van der Waals surface area contributed by atoms with Crippen LogP contribution in [0.1, 0.15) is 12.0 Å². The summed E-state index contributed by atoms with van der Waals surface area (Å²) in [5.74, 6) is 0.777. The molecule has 1 N–H and O–H groups in total. The van der Waals surface area contributed by atoms with Crippen molar-refractivity contribution < 1.29 is 9.84 Å². The van der Waals surface area contributed by atoms with Crippen LogP contribution < -0.4 is 4.74 Å².